The van der Waals surface area contributed by atoms with E-state index in [2.05, 4.69) is 56.7 Å². The molecule has 1 aromatic heterocycles. The van der Waals surface area contributed by atoms with Crippen LogP contribution in [0.15, 0.2) is 36.5 Å². The van der Waals surface area contributed by atoms with Crippen molar-refractivity contribution >= 4 is 25.8 Å². The molecule has 5 nitrogen and oxygen atoms in total. The van der Waals surface area contributed by atoms with Gasteiger partial charge in [-0.05, 0) is 66.9 Å². The van der Waals surface area contributed by atoms with E-state index in [1.54, 1.807) is 12.1 Å². The molecule has 0 radical (unpaired) electrons. The lowest BCUT2D eigenvalue weighted by Gasteiger charge is -2.36. The number of carboxylic acids is 1. The second-order valence-corrected chi connectivity index (χ2v) is 13.9. The molecule has 1 aliphatic heterocycles. The highest BCUT2D eigenvalue weighted by molar-refractivity contribution is 6.74. The first-order valence-corrected chi connectivity index (χ1v) is 12.7. The second-order valence-electron chi connectivity index (χ2n) is 9.10. The van der Waals surface area contributed by atoms with Crippen LogP contribution < -0.4 is 4.90 Å². The number of anilines is 2. The molecular weight excluding hydrogens is 368 g/mol. The third-order valence-electron chi connectivity index (χ3n) is 6.04. The monoisotopic (exact) mass is 398 g/mol. The predicted molar refractivity (Wildman–Crippen MR) is 115 cm³/mol. The van der Waals surface area contributed by atoms with Gasteiger partial charge >= 0.3 is 5.97 Å². The van der Waals surface area contributed by atoms with Crippen molar-refractivity contribution in [2.24, 2.45) is 0 Å². The van der Waals surface area contributed by atoms with Gasteiger partial charge in [0.2, 0.25) is 0 Å². The van der Waals surface area contributed by atoms with Crippen LogP contribution in [0.5, 0.6) is 0 Å². The van der Waals surface area contributed by atoms with Crippen LogP contribution in [0.3, 0.4) is 0 Å². The highest BCUT2D eigenvalue weighted by Gasteiger charge is 2.37. The third kappa shape index (κ3) is 3.84. The van der Waals surface area contributed by atoms with Gasteiger partial charge in [0.1, 0.15) is 5.82 Å². The summed E-state index contributed by atoms with van der Waals surface area (Å²) >= 11 is 0. The van der Waals surface area contributed by atoms with Crippen LogP contribution in [0.2, 0.25) is 18.1 Å². The Hall–Kier alpha value is -2.18. The number of hydrogen-bond donors (Lipinski definition) is 1. The molecule has 1 aliphatic rings. The molecule has 0 saturated heterocycles. The largest absolute Gasteiger partial charge is 0.478 e. The van der Waals surface area contributed by atoms with Crippen LogP contribution in [0.25, 0.3) is 0 Å². The zero-order valence-corrected chi connectivity index (χ0v) is 18.6. The first-order chi connectivity index (χ1) is 13.0. The van der Waals surface area contributed by atoms with Gasteiger partial charge in [0, 0.05) is 17.9 Å². The minimum absolute atomic E-state index is 0.152. The zero-order chi connectivity index (χ0) is 20.7. The van der Waals surface area contributed by atoms with Gasteiger partial charge in [0.05, 0.1) is 12.2 Å². The van der Waals surface area contributed by atoms with Gasteiger partial charge in [-0.1, -0.05) is 26.8 Å². The van der Waals surface area contributed by atoms with E-state index in [9.17, 15) is 9.90 Å². The lowest BCUT2D eigenvalue weighted by atomic mass is 10.0. The summed E-state index contributed by atoms with van der Waals surface area (Å²) < 4.78 is 6.36. The standard InChI is InChI=1S/C22H30N2O3Si/c1-15-12-18-17(21(25)26)8-7-9-19(18)24(15)20-13-16(10-11-23-20)14-27-28(5,6)22(2,3)4/h7-11,13,15H,12,14H2,1-6H3,(H,25,26). The fraction of sp³-hybridized carbons (Fsp3) is 0.455. The Bertz CT molecular complexity index is 890. The van der Waals surface area contributed by atoms with Gasteiger partial charge in [-0.15, -0.1) is 0 Å². The number of fused-ring (bicyclic) bond motifs is 1. The van der Waals surface area contributed by atoms with E-state index in [1.807, 2.05) is 18.3 Å². The number of hydrogen-bond acceptors (Lipinski definition) is 4. The van der Waals surface area contributed by atoms with Crippen molar-refractivity contribution in [3.8, 4) is 0 Å². The van der Waals surface area contributed by atoms with Crippen molar-refractivity contribution in [1.29, 1.82) is 0 Å². The van der Waals surface area contributed by atoms with Crippen LogP contribution in [0.4, 0.5) is 11.5 Å². The number of rotatable bonds is 5. The predicted octanol–water partition coefficient (Wildman–Crippen LogP) is 5.38. The Morgan fingerprint density at radius 3 is 2.68 bits per heavy atom. The molecule has 0 aliphatic carbocycles. The van der Waals surface area contributed by atoms with Crippen molar-refractivity contribution in [2.75, 3.05) is 4.90 Å². The first-order valence-electron chi connectivity index (χ1n) is 9.74. The number of benzene rings is 1. The summed E-state index contributed by atoms with van der Waals surface area (Å²) in [4.78, 5) is 18.3. The molecule has 3 rings (SSSR count). The van der Waals surface area contributed by atoms with Gasteiger partial charge in [-0.25, -0.2) is 9.78 Å². The molecule has 0 saturated carbocycles. The van der Waals surface area contributed by atoms with Crippen molar-refractivity contribution in [1.82, 2.24) is 4.98 Å². The van der Waals surface area contributed by atoms with Crippen LogP contribution in [-0.4, -0.2) is 30.4 Å². The zero-order valence-electron chi connectivity index (χ0n) is 17.6. The smallest absolute Gasteiger partial charge is 0.336 e. The van der Waals surface area contributed by atoms with E-state index in [-0.39, 0.29) is 11.1 Å². The second kappa shape index (κ2) is 7.33. The van der Waals surface area contributed by atoms with Crippen LogP contribution in [0.1, 0.15) is 49.2 Å². The summed E-state index contributed by atoms with van der Waals surface area (Å²) in [5.74, 6) is -0.0412. The molecule has 0 fully saturated rings. The number of aromatic carboxylic acids is 1. The summed E-state index contributed by atoms with van der Waals surface area (Å²) in [6.07, 6.45) is 2.51. The third-order valence-corrected chi connectivity index (χ3v) is 10.5. The topological polar surface area (TPSA) is 62.7 Å². The number of aromatic nitrogens is 1. The van der Waals surface area contributed by atoms with Crippen molar-refractivity contribution in [3.63, 3.8) is 0 Å². The molecule has 0 spiro atoms. The molecule has 1 N–H and O–H groups in total. The lowest BCUT2D eigenvalue weighted by Crippen LogP contribution is -2.40. The van der Waals surface area contributed by atoms with E-state index < -0.39 is 14.3 Å². The lowest BCUT2D eigenvalue weighted by molar-refractivity contribution is 0.0696. The molecule has 6 heteroatoms. The van der Waals surface area contributed by atoms with Gasteiger partial charge in [0.15, 0.2) is 8.32 Å². The van der Waals surface area contributed by atoms with E-state index in [4.69, 9.17) is 4.43 Å². The molecule has 1 aromatic carbocycles. The molecule has 1 unspecified atom stereocenters. The van der Waals surface area contributed by atoms with E-state index in [1.165, 1.54) is 0 Å². The Kier molecular flexibility index (Phi) is 5.38. The average molecular weight is 399 g/mol. The molecular formula is C22H30N2O3Si. The number of carboxylic acid groups (broad SMARTS) is 1. The van der Waals surface area contributed by atoms with Crippen LogP contribution in [0, 0.1) is 0 Å². The highest BCUT2D eigenvalue weighted by Crippen LogP contribution is 2.40. The molecule has 1 atom stereocenters. The maximum atomic E-state index is 11.6. The quantitative estimate of drug-likeness (QED) is 0.685. The molecule has 150 valence electrons. The van der Waals surface area contributed by atoms with E-state index in [0.29, 0.717) is 18.6 Å². The van der Waals surface area contributed by atoms with Crippen LogP contribution >= 0.6 is 0 Å². The maximum Gasteiger partial charge on any atom is 0.336 e. The van der Waals surface area contributed by atoms with Crippen LogP contribution in [-0.2, 0) is 17.5 Å². The molecule has 28 heavy (non-hydrogen) atoms. The fourth-order valence-electron chi connectivity index (χ4n) is 3.35. The summed E-state index contributed by atoms with van der Waals surface area (Å²) in [5.41, 5.74) is 3.28. The number of pyridine rings is 1. The van der Waals surface area contributed by atoms with Crippen molar-refractivity contribution in [2.45, 2.75) is 64.9 Å². The minimum Gasteiger partial charge on any atom is -0.478 e. The van der Waals surface area contributed by atoms with Gasteiger partial charge in [-0.2, -0.15) is 0 Å². The molecule has 2 aromatic rings. The fourth-order valence-corrected chi connectivity index (χ4v) is 4.31. The molecule has 0 amide bonds. The summed E-state index contributed by atoms with van der Waals surface area (Å²) in [7, 11) is -1.83. The summed E-state index contributed by atoms with van der Waals surface area (Å²) in [6.45, 7) is 13.9. The van der Waals surface area contributed by atoms with Crippen molar-refractivity contribution in [3.05, 3.63) is 53.2 Å². The number of carbonyl (C=O) groups is 1. The Balaban J connectivity index is 1.88. The summed E-state index contributed by atoms with van der Waals surface area (Å²) in [5, 5.41) is 9.67. The first kappa shape index (κ1) is 20.5. The van der Waals surface area contributed by atoms with Gasteiger partial charge in [0.25, 0.3) is 0 Å². The van der Waals surface area contributed by atoms with E-state index in [0.717, 1.165) is 22.6 Å². The minimum atomic E-state index is -1.83. The Labute approximate surface area is 168 Å². The Morgan fingerprint density at radius 2 is 2.04 bits per heavy atom. The maximum absolute atomic E-state index is 11.6. The normalized spacial score (nSPS) is 16.9. The average Bonchev–Trinajstić information content (AvgIpc) is 2.94. The van der Waals surface area contributed by atoms with Gasteiger partial charge < -0.3 is 14.4 Å². The highest BCUT2D eigenvalue weighted by atomic mass is 28.4. The van der Waals surface area contributed by atoms with E-state index >= 15 is 0 Å². The van der Waals surface area contributed by atoms with Crippen molar-refractivity contribution < 1.29 is 14.3 Å². The summed E-state index contributed by atoms with van der Waals surface area (Å²) in [6, 6.07) is 9.66. The number of nitrogens with zero attached hydrogens (tertiary/aromatic N) is 2. The molecule has 0 bridgehead atoms. The Morgan fingerprint density at radius 1 is 1.32 bits per heavy atom. The molecule has 2 heterocycles. The SMILES string of the molecule is CC1Cc2c(C(=O)O)cccc2N1c1cc(CO[Si](C)(C)C(C)(C)C)ccn1. The van der Waals surface area contributed by atoms with Gasteiger partial charge in [-0.3, -0.25) is 0 Å².